The fraction of sp³-hybridized carbons (Fsp3) is 0.308. The second-order valence-corrected chi connectivity index (χ2v) is 4.72. The molecule has 6 heteroatoms. The second-order valence-electron chi connectivity index (χ2n) is 4.72. The summed E-state index contributed by atoms with van der Waals surface area (Å²) in [6, 6.07) is 4.21. The number of aromatic amines is 1. The molecule has 0 bridgehead atoms. The van der Waals surface area contributed by atoms with E-state index in [1.807, 2.05) is 6.20 Å². The summed E-state index contributed by atoms with van der Waals surface area (Å²) in [4.78, 5) is 7.89. The maximum Gasteiger partial charge on any atom is 0.160 e. The van der Waals surface area contributed by atoms with E-state index < -0.39 is 0 Å². The number of H-pyrrole nitrogens is 1. The quantitative estimate of drug-likeness (QED) is 0.741. The van der Waals surface area contributed by atoms with E-state index in [1.54, 1.807) is 4.68 Å². The van der Waals surface area contributed by atoms with Crippen LogP contribution in [0.15, 0.2) is 18.3 Å². The Morgan fingerprint density at radius 2 is 2.16 bits per heavy atom. The number of hydrogen-bond donors (Lipinski definition) is 2. The van der Waals surface area contributed by atoms with Gasteiger partial charge >= 0.3 is 0 Å². The van der Waals surface area contributed by atoms with Crippen LogP contribution >= 0.6 is 0 Å². The van der Waals surface area contributed by atoms with Crippen molar-refractivity contribution in [3.63, 3.8) is 0 Å². The predicted octanol–water partition coefficient (Wildman–Crippen LogP) is 1.40. The largest absolute Gasteiger partial charge is 0.337 e. The minimum absolute atomic E-state index is 0.543. The molecule has 0 atom stereocenters. The molecule has 0 fully saturated rings. The van der Waals surface area contributed by atoms with Crippen molar-refractivity contribution in [3.8, 4) is 11.5 Å². The van der Waals surface area contributed by atoms with Crippen LogP contribution in [0.25, 0.3) is 22.6 Å². The fourth-order valence-corrected chi connectivity index (χ4v) is 2.24. The van der Waals surface area contributed by atoms with Gasteiger partial charge in [0.05, 0.1) is 23.8 Å². The first-order valence-corrected chi connectivity index (χ1v) is 6.25. The molecule has 0 aliphatic carbocycles. The zero-order chi connectivity index (χ0) is 13.4. The maximum absolute atomic E-state index is 5.49. The third-order valence-electron chi connectivity index (χ3n) is 3.06. The number of imidazole rings is 1. The third kappa shape index (κ3) is 2.10. The molecular weight excluding hydrogens is 240 g/mol. The summed E-state index contributed by atoms with van der Waals surface area (Å²) in [5.74, 6) is 0.743. The monoisotopic (exact) mass is 256 g/mol. The number of nitrogens with one attached hydrogen (secondary N) is 1. The number of benzene rings is 1. The average molecular weight is 256 g/mol. The molecule has 2 aromatic heterocycles. The van der Waals surface area contributed by atoms with E-state index in [1.165, 1.54) is 5.56 Å². The Bertz CT molecular complexity index is 724. The first-order chi connectivity index (χ1) is 9.17. The van der Waals surface area contributed by atoms with Crippen molar-refractivity contribution in [2.45, 2.75) is 20.4 Å². The highest BCUT2D eigenvalue weighted by atomic mass is 15.4. The normalized spacial score (nSPS) is 11.3. The molecule has 6 nitrogen and oxygen atoms in total. The van der Waals surface area contributed by atoms with Crippen LogP contribution in [-0.2, 0) is 6.54 Å². The van der Waals surface area contributed by atoms with Crippen LogP contribution in [-0.4, -0.2) is 31.5 Å². The van der Waals surface area contributed by atoms with Crippen LogP contribution in [0.1, 0.15) is 11.1 Å². The van der Waals surface area contributed by atoms with Gasteiger partial charge in [0.25, 0.3) is 0 Å². The van der Waals surface area contributed by atoms with E-state index >= 15 is 0 Å². The number of fused-ring (bicyclic) bond motifs is 1. The maximum atomic E-state index is 5.49. The molecule has 0 saturated heterocycles. The van der Waals surface area contributed by atoms with Gasteiger partial charge in [-0.3, -0.25) is 4.68 Å². The van der Waals surface area contributed by atoms with E-state index in [2.05, 4.69) is 46.3 Å². The van der Waals surface area contributed by atoms with Gasteiger partial charge in [-0.05, 0) is 31.0 Å². The standard InChI is InChI=1S/C13H16N6/c1-8-5-9(2)12-10(6-8)15-13(16-12)11-7-19(4-3-14)18-17-11/h5-7H,3-4,14H2,1-2H3,(H,15,16). The van der Waals surface area contributed by atoms with E-state index in [4.69, 9.17) is 5.73 Å². The minimum Gasteiger partial charge on any atom is -0.337 e. The molecule has 0 aliphatic heterocycles. The molecule has 3 aromatic rings. The number of aryl methyl sites for hydroxylation is 2. The highest BCUT2D eigenvalue weighted by molar-refractivity contribution is 5.82. The van der Waals surface area contributed by atoms with Crippen molar-refractivity contribution in [3.05, 3.63) is 29.5 Å². The Kier molecular flexibility index (Phi) is 2.79. The molecule has 1 aromatic carbocycles. The molecule has 0 saturated carbocycles. The predicted molar refractivity (Wildman–Crippen MR) is 73.6 cm³/mol. The number of nitrogens with two attached hydrogens (primary N) is 1. The van der Waals surface area contributed by atoms with Crippen molar-refractivity contribution < 1.29 is 0 Å². The van der Waals surface area contributed by atoms with Gasteiger partial charge in [0.2, 0.25) is 0 Å². The highest BCUT2D eigenvalue weighted by Crippen LogP contribution is 2.22. The number of hydrogen-bond acceptors (Lipinski definition) is 4. The van der Waals surface area contributed by atoms with Crippen molar-refractivity contribution in [1.29, 1.82) is 0 Å². The molecule has 0 radical (unpaired) electrons. The zero-order valence-corrected chi connectivity index (χ0v) is 11.0. The Morgan fingerprint density at radius 1 is 1.32 bits per heavy atom. The molecule has 19 heavy (non-hydrogen) atoms. The van der Waals surface area contributed by atoms with Gasteiger partial charge in [-0.2, -0.15) is 0 Å². The van der Waals surface area contributed by atoms with Crippen molar-refractivity contribution in [2.75, 3.05) is 6.54 Å². The molecule has 0 spiro atoms. The topological polar surface area (TPSA) is 85.4 Å². The Labute approximate surface area is 110 Å². The fourth-order valence-electron chi connectivity index (χ4n) is 2.24. The Hall–Kier alpha value is -2.21. The van der Waals surface area contributed by atoms with E-state index in [0.717, 1.165) is 28.1 Å². The zero-order valence-electron chi connectivity index (χ0n) is 11.0. The van der Waals surface area contributed by atoms with Crippen molar-refractivity contribution >= 4 is 11.0 Å². The van der Waals surface area contributed by atoms with Crippen LogP contribution in [0.4, 0.5) is 0 Å². The van der Waals surface area contributed by atoms with E-state index in [-0.39, 0.29) is 0 Å². The molecule has 3 rings (SSSR count). The van der Waals surface area contributed by atoms with Gasteiger partial charge in [-0.25, -0.2) is 4.98 Å². The lowest BCUT2D eigenvalue weighted by Gasteiger charge is -1.96. The molecule has 0 unspecified atom stereocenters. The summed E-state index contributed by atoms with van der Waals surface area (Å²) in [5.41, 5.74) is 10.6. The van der Waals surface area contributed by atoms with Crippen LogP contribution in [0.3, 0.4) is 0 Å². The molecule has 0 aliphatic rings. The first kappa shape index (κ1) is 11.9. The molecule has 3 N–H and O–H groups in total. The van der Waals surface area contributed by atoms with E-state index in [0.29, 0.717) is 13.1 Å². The van der Waals surface area contributed by atoms with Crippen LogP contribution in [0.2, 0.25) is 0 Å². The van der Waals surface area contributed by atoms with Crippen LogP contribution < -0.4 is 5.73 Å². The van der Waals surface area contributed by atoms with Gasteiger partial charge in [0.1, 0.15) is 5.69 Å². The summed E-state index contributed by atoms with van der Waals surface area (Å²) in [6.45, 7) is 5.34. The minimum atomic E-state index is 0.543. The average Bonchev–Trinajstić information content (AvgIpc) is 2.95. The first-order valence-electron chi connectivity index (χ1n) is 6.25. The molecular formula is C13H16N6. The lowest BCUT2D eigenvalue weighted by atomic mass is 10.1. The van der Waals surface area contributed by atoms with Gasteiger partial charge < -0.3 is 10.7 Å². The van der Waals surface area contributed by atoms with Crippen LogP contribution in [0.5, 0.6) is 0 Å². The lowest BCUT2D eigenvalue weighted by Crippen LogP contribution is -2.10. The number of aromatic nitrogens is 5. The summed E-state index contributed by atoms with van der Waals surface area (Å²) in [7, 11) is 0. The molecule has 2 heterocycles. The van der Waals surface area contributed by atoms with Crippen LogP contribution in [0, 0.1) is 13.8 Å². The second kappa shape index (κ2) is 4.47. The van der Waals surface area contributed by atoms with Gasteiger partial charge in [-0.15, -0.1) is 5.10 Å². The van der Waals surface area contributed by atoms with E-state index in [9.17, 15) is 0 Å². The molecule has 0 amide bonds. The van der Waals surface area contributed by atoms with Gasteiger partial charge in [-0.1, -0.05) is 11.3 Å². The molecule has 98 valence electrons. The van der Waals surface area contributed by atoms with Crippen molar-refractivity contribution in [2.24, 2.45) is 5.73 Å². The van der Waals surface area contributed by atoms with Gasteiger partial charge in [0, 0.05) is 6.54 Å². The smallest absolute Gasteiger partial charge is 0.160 e. The Morgan fingerprint density at radius 3 is 2.95 bits per heavy atom. The summed E-state index contributed by atoms with van der Waals surface area (Å²) in [6.07, 6.45) is 1.85. The number of rotatable bonds is 3. The summed E-state index contributed by atoms with van der Waals surface area (Å²) in [5, 5.41) is 8.14. The number of nitrogens with zero attached hydrogens (tertiary/aromatic N) is 4. The third-order valence-corrected chi connectivity index (χ3v) is 3.06. The summed E-state index contributed by atoms with van der Waals surface area (Å²) >= 11 is 0. The van der Waals surface area contributed by atoms with Crippen molar-refractivity contribution in [1.82, 2.24) is 25.0 Å². The Balaban J connectivity index is 2.07. The lowest BCUT2D eigenvalue weighted by molar-refractivity contribution is 0.598. The summed E-state index contributed by atoms with van der Waals surface area (Å²) < 4.78 is 1.72. The SMILES string of the molecule is Cc1cc(C)c2nc(-c3cn(CCN)nn3)[nH]c2c1. The van der Waals surface area contributed by atoms with Gasteiger partial charge in [0.15, 0.2) is 5.82 Å². The highest BCUT2D eigenvalue weighted by Gasteiger charge is 2.10.